The van der Waals surface area contributed by atoms with E-state index in [1.807, 2.05) is 12.3 Å². The van der Waals surface area contributed by atoms with Gasteiger partial charge in [0.25, 0.3) is 0 Å². The van der Waals surface area contributed by atoms with Crippen LogP contribution in [0.4, 0.5) is 4.39 Å². The highest BCUT2D eigenvalue weighted by Gasteiger charge is 2.18. The number of nitrogens with zero attached hydrogens (tertiary/aromatic N) is 4. The van der Waals surface area contributed by atoms with Gasteiger partial charge in [0.05, 0.1) is 17.3 Å². The van der Waals surface area contributed by atoms with E-state index < -0.39 is 8.07 Å². The predicted octanol–water partition coefficient (Wildman–Crippen LogP) is 5.20. The lowest BCUT2D eigenvalue weighted by molar-refractivity contribution is 0.0788. The second kappa shape index (κ2) is 7.88. The Hall–Kier alpha value is -2.84. The fraction of sp³-hybridized carbons (Fsp3) is 0.286. The largest absolute Gasteiger partial charge is 0.446 e. The molecule has 29 heavy (non-hydrogen) atoms. The summed E-state index contributed by atoms with van der Waals surface area (Å²) in [5.74, 6) is -0.288. The van der Waals surface area contributed by atoms with Crippen molar-refractivity contribution >= 4 is 19.2 Å². The number of ether oxygens (including phenoxy) is 1. The summed E-state index contributed by atoms with van der Waals surface area (Å²) in [5.41, 5.74) is 3.56. The molecule has 4 aromatic rings. The lowest BCUT2D eigenvalue weighted by atomic mass is 10.0. The smallest absolute Gasteiger partial charge is 0.229 e. The highest BCUT2D eigenvalue weighted by Crippen LogP contribution is 2.34. The Labute approximate surface area is 169 Å². The van der Waals surface area contributed by atoms with Gasteiger partial charge in [-0.1, -0.05) is 19.6 Å². The number of hydrogen-bond acceptors (Lipinski definition) is 5. The zero-order chi connectivity index (χ0) is 20.4. The predicted molar refractivity (Wildman–Crippen MR) is 113 cm³/mol. The van der Waals surface area contributed by atoms with Gasteiger partial charge in [0.1, 0.15) is 24.6 Å². The zero-order valence-electron chi connectivity index (χ0n) is 16.7. The van der Waals surface area contributed by atoms with E-state index in [9.17, 15) is 4.39 Å². The van der Waals surface area contributed by atoms with Gasteiger partial charge in [0.15, 0.2) is 0 Å². The Balaban J connectivity index is 1.70. The molecule has 0 aliphatic rings. The Bertz CT molecular complexity index is 1120. The van der Waals surface area contributed by atoms with Gasteiger partial charge in [-0.3, -0.25) is 0 Å². The molecule has 8 heteroatoms. The van der Waals surface area contributed by atoms with Gasteiger partial charge in [-0.05, 0) is 36.4 Å². The van der Waals surface area contributed by atoms with E-state index in [0.717, 1.165) is 28.3 Å². The van der Waals surface area contributed by atoms with Crippen LogP contribution < -0.4 is 0 Å². The molecular weight excluding hydrogens is 387 g/mol. The third-order valence-corrected chi connectivity index (χ3v) is 6.32. The molecule has 6 nitrogen and oxygen atoms in total. The first kappa shape index (κ1) is 19.5. The average molecular weight is 411 g/mol. The van der Waals surface area contributed by atoms with Gasteiger partial charge in [0, 0.05) is 32.0 Å². The van der Waals surface area contributed by atoms with Crippen LogP contribution in [-0.2, 0) is 11.5 Å². The van der Waals surface area contributed by atoms with Gasteiger partial charge < -0.3 is 9.15 Å². The van der Waals surface area contributed by atoms with Crippen molar-refractivity contribution in [1.29, 1.82) is 0 Å². The zero-order valence-corrected chi connectivity index (χ0v) is 17.7. The van der Waals surface area contributed by atoms with Crippen LogP contribution in [-0.4, -0.2) is 34.4 Å². The van der Waals surface area contributed by atoms with Crippen molar-refractivity contribution in [3.05, 3.63) is 54.9 Å². The van der Waals surface area contributed by atoms with Crippen LogP contribution in [0.5, 0.6) is 0 Å². The van der Waals surface area contributed by atoms with Gasteiger partial charge in [-0.2, -0.15) is 5.10 Å². The molecule has 0 bridgehead atoms. The third-order valence-electron chi connectivity index (χ3n) is 4.62. The number of hydrogen-bond donors (Lipinski definition) is 0. The monoisotopic (exact) mass is 410 g/mol. The van der Waals surface area contributed by atoms with Crippen molar-refractivity contribution < 1.29 is 13.5 Å². The second-order valence-electron chi connectivity index (χ2n) is 8.15. The molecule has 3 heterocycles. The maximum absolute atomic E-state index is 13.4. The van der Waals surface area contributed by atoms with E-state index >= 15 is 0 Å². The first-order valence-corrected chi connectivity index (χ1v) is 13.2. The first-order chi connectivity index (χ1) is 13.9. The standard InChI is InChI=1S/C21H23FN4O2Si/c1-29(2,3)11-10-27-14-26-12-18(19(25-26)15-4-6-16(22)7-5-15)20-17-8-9-28-21(17)24-13-23-20/h4-9,12-13H,10-11,14H2,1-3H3. The minimum atomic E-state index is -1.15. The van der Waals surface area contributed by atoms with E-state index in [-0.39, 0.29) is 5.82 Å². The van der Waals surface area contributed by atoms with Crippen molar-refractivity contribution in [2.45, 2.75) is 32.4 Å². The number of fused-ring (bicyclic) bond motifs is 1. The summed E-state index contributed by atoms with van der Waals surface area (Å²) in [7, 11) is -1.15. The fourth-order valence-corrected chi connectivity index (χ4v) is 3.78. The van der Waals surface area contributed by atoms with Crippen LogP contribution in [0, 0.1) is 5.82 Å². The Morgan fingerprint density at radius 3 is 2.62 bits per heavy atom. The van der Waals surface area contributed by atoms with Crippen LogP contribution in [0.15, 0.2) is 53.5 Å². The van der Waals surface area contributed by atoms with E-state index in [2.05, 4.69) is 29.6 Å². The third kappa shape index (κ3) is 4.43. The summed E-state index contributed by atoms with van der Waals surface area (Å²) in [4.78, 5) is 8.62. The van der Waals surface area contributed by atoms with E-state index in [0.29, 0.717) is 24.7 Å². The number of aromatic nitrogens is 4. The Morgan fingerprint density at radius 1 is 1.07 bits per heavy atom. The highest BCUT2D eigenvalue weighted by molar-refractivity contribution is 6.76. The Kier molecular flexibility index (Phi) is 5.29. The van der Waals surface area contributed by atoms with Crippen molar-refractivity contribution in [1.82, 2.24) is 19.7 Å². The van der Waals surface area contributed by atoms with E-state index in [1.165, 1.54) is 18.5 Å². The van der Waals surface area contributed by atoms with Crippen molar-refractivity contribution in [2.24, 2.45) is 0 Å². The molecule has 0 spiro atoms. The lowest BCUT2D eigenvalue weighted by Gasteiger charge is -2.15. The maximum atomic E-state index is 13.4. The molecule has 4 rings (SSSR count). The summed E-state index contributed by atoms with van der Waals surface area (Å²) in [6, 6.07) is 9.21. The summed E-state index contributed by atoms with van der Waals surface area (Å²) in [6.45, 7) is 8.01. The van der Waals surface area contributed by atoms with Crippen molar-refractivity contribution in [2.75, 3.05) is 6.61 Å². The number of halogens is 1. The molecule has 0 saturated carbocycles. The molecule has 0 radical (unpaired) electrons. The SMILES string of the molecule is C[Si](C)(C)CCOCn1cc(-c2ncnc3occc23)c(-c2ccc(F)cc2)n1. The van der Waals surface area contributed by atoms with Crippen molar-refractivity contribution in [3.63, 3.8) is 0 Å². The summed E-state index contributed by atoms with van der Waals surface area (Å²) in [6.07, 6.45) is 4.96. The van der Waals surface area contributed by atoms with Gasteiger partial charge in [-0.25, -0.2) is 19.0 Å². The molecule has 150 valence electrons. The molecule has 0 atom stereocenters. The molecule has 0 aliphatic carbocycles. The summed E-state index contributed by atoms with van der Waals surface area (Å²) in [5, 5.41) is 5.50. The molecule has 0 amide bonds. The molecular formula is C21H23FN4O2Si. The Morgan fingerprint density at radius 2 is 1.86 bits per heavy atom. The molecule has 3 aromatic heterocycles. The highest BCUT2D eigenvalue weighted by atomic mass is 28.3. The van der Waals surface area contributed by atoms with Gasteiger partial charge >= 0.3 is 0 Å². The second-order valence-corrected chi connectivity index (χ2v) is 13.8. The number of rotatable bonds is 7. The lowest BCUT2D eigenvalue weighted by Crippen LogP contribution is -2.22. The molecule has 0 fully saturated rings. The fourth-order valence-electron chi connectivity index (χ4n) is 3.02. The van der Waals surface area contributed by atoms with Crippen LogP contribution >= 0.6 is 0 Å². The van der Waals surface area contributed by atoms with Crippen LogP contribution in [0.2, 0.25) is 25.7 Å². The molecule has 0 unspecified atom stereocenters. The quantitative estimate of drug-likeness (QED) is 0.309. The first-order valence-electron chi connectivity index (χ1n) is 9.50. The number of furan rings is 1. The minimum Gasteiger partial charge on any atom is -0.446 e. The minimum absolute atomic E-state index is 0.288. The molecule has 0 saturated heterocycles. The topological polar surface area (TPSA) is 66.0 Å². The van der Waals surface area contributed by atoms with Crippen LogP contribution in [0.1, 0.15) is 0 Å². The van der Waals surface area contributed by atoms with Gasteiger partial charge in [0.2, 0.25) is 5.71 Å². The maximum Gasteiger partial charge on any atom is 0.229 e. The summed E-state index contributed by atoms with van der Waals surface area (Å²) >= 11 is 0. The van der Waals surface area contributed by atoms with Crippen molar-refractivity contribution in [3.8, 4) is 22.5 Å². The molecule has 0 aliphatic heterocycles. The van der Waals surface area contributed by atoms with Crippen LogP contribution in [0.25, 0.3) is 33.6 Å². The molecule has 0 N–H and O–H groups in total. The number of benzene rings is 1. The molecule has 1 aromatic carbocycles. The van der Waals surface area contributed by atoms with E-state index in [1.54, 1.807) is 23.1 Å². The average Bonchev–Trinajstić information content (AvgIpc) is 3.32. The summed E-state index contributed by atoms with van der Waals surface area (Å²) < 4.78 is 26.4. The van der Waals surface area contributed by atoms with Gasteiger partial charge in [-0.15, -0.1) is 0 Å². The normalized spacial score (nSPS) is 12.0. The van der Waals surface area contributed by atoms with E-state index in [4.69, 9.17) is 14.3 Å². The van der Waals surface area contributed by atoms with Crippen LogP contribution in [0.3, 0.4) is 0 Å².